The van der Waals surface area contributed by atoms with Crippen molar-refractivity contribution in [3.63, 3.8) is 0 Å². The molecule has 0 bridgehead atoms. The number of para-hydroxylation sites is 1. The molecule has 1 aliphatic rings. The first kappa shape index (κ1) is 25.4. The number of hydrogen-bond donors (Lipinski definition) is 0. The predicted octanol–water partition coefficient (Wildman–Crippen LogP) is 6.35. The van der Waals surface area contributed by atoms with Gasteiger partial charge in [-0.25, -0.2) is 0 Å². The number of hydrogen-bond acceptors (Lipinski definition) is 9. The van der Waals surface area contributed by atoms with Crippen LogP contribution in [0.5, 0.6) is 5.88 Å². The third kappa shape index (κ3) is 4.84. The van der Waals surface area contributed by atoms with Crippen LogP contribution in [0.25, 0.3) is 22.6 Å². The van der Waals surface area contributed by atoms with Crippen molar-refractivity contribution in [2.24, 2.45) is 0 Å². The van der Waals surface area contributed by atoms with E-state index in [4.69, 9.17) is 9.15 Å². The lowest BCUT2D eigenvalue weighted by Gasteiger charge is -2.28. The van der Waals surface area contributed by atoms with Crippen molar-refractivity contribution in [1.82, 2.24) is 15.2 Å². The van der Waals surface area contributed by atoms with Crippen LogP contribution in [0.1, 0.15) is 44.2 Å². The Kier molecular flexibility index (Phi) is 7.10. The van der Waals surface area contributed by atoms with E-state index < -0.39 is 11.2 Å². The fourth-order valence-corrected chi connectivity index (χ4v) is 5.14. The molecule has 2 aromatic carbocycles. The number of carbonyl (C=O) groups is 1. The number of rotatable bonds is 7. The molecule has 3 heterocycles. The van der Waals surface area contributed by atoms with E-state index in [2.05, 4.69) is 22.1 Å². The van der Waals surface area contributed by atoms with Gasteiger partial charge in [-0.05, 0) is 43.2 Å². The number of anilines is 1. The Morgan fingerprint density at radius 3 is 2.68 bits per heavy atom. The Morgan fingerprint density at radius 2 is 1.95 bits per heavy atom. The highest BCUT2D eigenvalue weighted by atomic mass is 32.2. The second-order valence-electron chi connectivity index (χ2n) is 8.78. The molecule has 10 nitrogen and oxygen atoms in total. The van der Waals surface area contributed by atoms with Crippen molar-refractivity contribution in [1.29, 1.82) is 0 Å². The SMILES string of the molecule is CCCCSc1nnc2c(n1)O[C@@H](c1ccc(-c3ccc([N+](=O)[O-])cc3C)o1)N(C(C)=O)c1ccccc1-2. The van der Waals surface area contributed by atoms with Crippen LogP contribution in [0.15, 0.2) is 64.2 Å². The van der Waals surface area contributed by atoms with Gasteiger partial charge in [0, 0.05) is 35.9 Å². The molecule has 2 aromatic heterocycles. The van der Waals surface area contributed by atoms with Gasteiger partial charge in [0.05, 0.1) is 10.6 Å². The molecule has 4 aromatic rings. The summed E-state index contributed by atoms with van der Waals surface area (Å²) < 4.78 is 12.6. The monoisotopic (exact) mass is 531 g/mol. The zero-order valence-electron chi connectivity index (χ0n) is 21.1. The van der Waals surface area contributed by atoms with Crippen molar-refractivity contribution in [3.05, 3.63) is 76.0 Å². The molecule has 0 radical (unpaired) electrons. The number of nitro benzene ring substituents is 1. The highest BCUT2D eigenvalue weighted by Crippen LogP contribution is 2.44. The smallest absolute Gasteiger partial charge is 0.269 e. The van der Waals surface area contributed by atoms with Crippen molar-refractivity contribution >= 4 is 29.0 Å². The minimum absolute atomic E-state index is 0.000828. The van der Waals surface area contributed by atoms with E-state index in [1.807, 2.05) is 24.3 Å². The van der Waals surface area contributed by atoms with E-state index in [0.717, 1.165) is 18.6 Å². The number of benzene rings is 2. The second kappa shape index (κ2) is 10.6. The van der Waals surface area contributed by atoms with Crippen LogP contribution in [0.4, 0.5) is 11.4 Å². The largest absolute Gasteiger partial charge is 0.455 e. The van der Waals surface area contributed by atoms with Gasteiger partial charge in [0.15, 0.2) is 11.5 Å². The van der Waals surface area contributed by atoms with Gasteiger partial charge in [-0.1, -0.05) is 43.3 Å². The van der Waals surface area contributed by atoms with Crippen LogP contribution in [0.3, 0.4) is 0 Å². The van der Waals surface area contributed by atoms with Gasteiger partial charge in [0.25, 0.3) is 5.69 Å². The molecule has 11 heteroatoms. The molecule has 0 spiro atoms. The quantitative estimate of drug-likeness (QED) is 0.116. The molecule has 0 unspecified atom stereocenters. The average Bonchev–Trinajstić information content (AvgIpc) is 3.33. The minimum atomic E-state index is -0.966. The first-order chi connectivity index (χ1) is 18.4. The molecule has 0 N–H and O–H groups in total. The van der Waals surface area contributed by atoms with Crippen LogP contribution in [-0.4, -0.2) is 31.8 Å². The number of aryl methyl sites for hydroxylation is 1. The Morgan fingerprint density at radius 1 is 1.13 bits per heavy atom. The molecule has 1 amide bonds. The van der Waals surface area contributed by atoms with Crippen LogP contribution < -0.4 is 9.64 Å². The number of amides is 1. The van der Waals surface area contributed by atoms with Crippen LogP contribution in [0, 0.1) is 17.0 Å². The summed E-state index contributed by atoms with van der Waals surface area (Å²) in [6.45, 7) is 5.35. The summed E-state index contributed by atoms with van der Waals surface area (Å²) in [5, 5.41) is 20.4. The van der Waals surface area contributed by atoms with Gasteiger partial charge in [-0.3, -0.25) is 19.8 Å². The van der Waals surface area contributed by atoms with Gasteiger partial charge in [-0.15, -0.1) is 10.2 Å². The maximum atomic E-state index is 13.0. The number of ether oxygens (including phenoxy) is 1. The highest BCUT2D eigenvalue weighted by molar-refractivity contribution is 7.99. The summed E-state index contributed by atoms with van der Waals surface area (Å²) >= 11 is 1.50. The van der Waals surface area contributed by atoms with E-state index in [9.17, 15) is 14.9 Å². The number of furan rings is 1. The molecular weight excluding hydrogens is 506 g/mol. The van der Waals surface area contributed by atoms with Crippen molar-refractivity contribution in [2.45, 2.75) is 45.0 Å². The summed E-state index contributed by atoms with van der Waals surface area (Å²) in [7, 11) is 0. The zero-order valence-corrected chi connectivity index (χ0v) is 21.9. The summed E-state index contributed by atoms with van der Waals surface area (Å²) in [5.41, 5.74) is 3.09. The molecule has 0 aliphatic carbocycles. The van der Waals surface area contributed by atoms with Crippen molar-refractivity contribution < 1.29 is 18.9 Å². The number of thioether (sulfide) groups is 1. The first-order valence-electron chi connectivity index (χ1n) is 12.2. The molecule has 0 saturated carbocycles. The predicted molar refractivity (Wildman–Crippen MR) is 143 cm³/mol. The zero-order chi connectivity index (χ0) is 26.8. The Balaban J connectivity index is 1.59. The average molecular weight is 532 g/mol. The molecule has 1 atom stereocenters. The molecule has 0 fully saturated rings. The number of nitrogens with zero attached hydrogens (tertiary/aromatic N) is 5. The van der Waals surface area contributed by atoms with Crippen LogP contribution in [0.2, 0.25) is 0 Å². The van der Waals surface area contributed by atoms with Gasteiger partial charge < -0.3 is 9.15 Å². The van der Waals surface area contributed by atoms with E-state index in [1.54, 1.807) is 25.1 Å². The summed E-state index contributed by atoms with van der Waals surface area (Å²) in [6, 6.07) is 15.4. The number of unbranched alkanes of at least 4 members (excludes halogenated alkanes) is 1. The number of fused-ring (bicyclic) bond motifs is 3. The summed E-state index contributed by atoms with van der Waals surface area (Å²) in [4.78, 5) is 29.9. The molecule has 5 rings (SSSR count). The minimum Gasteiger partial charge on any atom is -0.455 e. The van der Waals surface area contributed by atoms with Gasteiger partial charge in [0.2, 0.25) is 23.2 Å². The third-order valence-electron chi connectivity index (χ3n) is 6.14. The normalized spacial score (nSPS) is 14.3. The molecule has 194 valence electrons. The number of aromatic nitrogens is 3. The summed E-state index contributed by atoms with van der Waals surface area (Å²) in [5.74, 6) is 1.71. The van der Waals surface area contributed by atoms with Gasteiger partial charge in [-0.2, -0.15) is 4.98 Å². The Hall–Kier alpha value is -4.25. The van der Waals surface area contributed by atoms with Crippen molar-refractivity contribution in [3.8, 4) is 28.5 Å². The lowest BCUT2D eigenvalue weighted by molar-refractivity contribution is -0.384. The van der Waals surface area contributed by atoms with E-state index in [0.29, 0.717) is 44.7 Å². The third-order valence-corrected chi connectivity index (χ3v) is 7.06. The first-order valence-corrected chi connectivity index (χ1v) is 13.1. The highest BCUT2D eigenvalue weighted by Gasteiger charge is 2.36. The molecule has 1 aliphatic heterocycles. The lowest BCUT2D eigenvalue weighted by Crippen LogP contribution is -2.35. The van der Waals surface area contributed by atoms with Crippen LogP contribution in [-0.2, 0) is 4.79 Å². The van der Waals surface area contributed by atoms with E-state index >= 15 is 0 Å². The van der Waals surface area contributed by atoms with Gasteiger partial charge in [0.1, 0.15) is 5.76 Å². The van der Waals surface area contributed by atoms with E-state index in [-0.39, 0.29) is 17.5 Å². The maximum Gasteiger partial charge on any atom is 0.269 e. The Labute approximate surface area is 223 Å². The fraction of sp³-hybridized carbons (Fsp3) is 0.259. The van der Waals surface area contributed by atoms with Crippen molar-refractivity contribution in [2.75, 3.05) is 10.7 Å². The number of nitro groups is 1. The Bertz CT molecular complexity index is 1520. The number of non-ortho nitro benzene ring substituents is 1. The molecule has 38 heavy (non-hydrogen) atoms. The number of carbonyl (C=O) groups excluding carboxylic acids is 1. The molecular formula is C27H25N5O5S. The summed E-state index contributed by atoms with van der Waals surface area (Å²) in [6.07, 6.45) is 1.11. The van der Waals surface area contributed by atoms with Gasteiger partial charge >= 0.3 is 0 Å². The second-order valence-corrected chi connectivity index (χ2v) is 9.85. The van der Waals surface area contributed by atoms with E-state index in [1.165, 1.54) is 35.7 Å². The standard InChI is InChI=1S/C27H25N5O5S/c1-4-5-14-38-27-28-25-24(29-30-27)20-8-6-7-9-21(20)31(17(3)33)26(37-25)23-13-12-22(36-23)19-11-10-18(32(34)35)15-16(19)2/h6-13,15,26H,4-5,14H2,1-3H3/t26-/m0/s1. The van der Waals surface area contributed by atoms with Crippen LogP contribution >= 0.6 is 11.8 Å². The lowest BCUT2D eigenvalue weighted by atomic mass is 10.1. The molecule has 0 saturated heterocycles. The maximum absolute atomic E-state index is 13.0. The fourth-order valence-electron chi connectivity index (χ4n) is 4.27. The topological polar surface area (TPSA) is 124 Å².